The Kier molecular flexibility index (Phi) is 5.47. The minimum Gasteiger partial charge on any atom is -0.355 e. The van der Waals surface area contributed by atoms with E-state index in [1.807, 2.05) is 0 Å². The van der Waals surface area contributed by atoms with Gasteiger partial charge in [0.25, 0.3) is 0 Å². The third-order valence-electron chi connectivity index (χ3n) is 5.17. The summed E-state index contributed by atoms with van der Waals surface area (Å²) in [6, 6.07) is 13.1. The van der Waals surface area contributed by atoms with Crippen molar-refractivity contribution in [2.24, 2.45) is 0 Å². The highest BCUT2D eigenvalue weighted by Crippen LogP contribution is 2.40. The lowest BCUT2D eigenvalue weighted by atomic mass is 9.68. The molecule has 1 aliphatic rings. The van der Waals surface area contributed by atoms with E-state index in [-0.39, 0.29) is 17.5 Å². The highest BCUT2D eigenvalue weighted by molar-refractivity contribution is 5.88. The summed E-state index contributed by atoms with van der Waals surface area (Å²) in [7, 11) is 0. The van der Waals surface area contributed by atoms with Gasteiger partial charge >= 0.3 is 0 Å². The van der Waals surface area contributed by atoms with Crippen LogP contribution in [0.15, 0.2) is 48.5 Å². The summed E-state index contributed by atoms with van der Waals surface area (Å²) in [6.45, 7) is 0.343. The first kappa shape index (κ1) is 17.6. The van der Waals surface area contributed by atoms with Crippen LogP contribution < -0.4 is 5.32 Å². The Hall–Kier alpha value is -2.23. The standard InChI is InChI=1S/C21H23F2NO/c22-18-10-4-2-8-16(18)12-15-24-20(25)21(13-6-1-7-14-21)17-9-3-5-11-19(17)23/h2-5,8-11H,1,6-7,12-15H2,(H,24,25). The van der Waals surface area contributed by atoms with Crippen LogP contribution in [0.2, 0.25) is 0 Å². The zero-order valence-corrected chi connectivity index (χ0v) is 14.2. The maximum absolute atomic E-state index is 14.4. The van der Waals surface area contributed by atoms with Crippen molar-refractivity contribution in [3.63, 3.8) is 0 Å². The SMILES string of the molecule is O=C(NCCc1ccccc1F)C1(c2ccccc2F)CCCCC1. The third kappa shape index (κ3) is 3.73. The summed E-state index contributed by atoms with van der Waals surface area (Å²) in [4.78, 5) is 13.0. The van der Waals surface area contributed by atoms with Crippen molar-refractivity contribution < 1.29 is 13.6 Å². The molecular weight excluding hydrogens is 320 g/mol. The van der Waals surface area contributed by atoms with E-state index >= 15 is 0 Å². The van der Waals surface area contributed by atoms with E-state index in [0.717, 1.165) is 19.3 Å². The van der Waals surface area contributed by atoms with E-state index < -0.39 is 5.41 Å². The first-order valence-electron chi connectivity index (χ1n) is 8.90. The topological polar surface area (TPSA) is 29.1 Å². The Morgan fingerprint density at radius 3 is 2.24 bits per heavy atom. The van der Waals surface area contributed by atoms with Gasteiger partial charge in [-0.1, -0.05) is 55.7 Å². The third-order valence-corrected chi connectivity index (χ3v) is 5.17. The molecule has 25 heavy (non-hydrogen) atoms. The maximum Gasteiger partial charge on any atom is 0.230 e. The van der Waals surface area contributed by atoms with E-state index in [4.69, 9.17) is 0 Å². The average molecular weight is 343 g/mol. The van der Waals surface area contributed by atoms with E-state index in [1.54, 1.807) is 36.4 Å². The minimum atomic E-state index is -0.807. The molecule has 4 heteroatoms. The van der Waals surface area contributed by atoms with Crippen molar-refractivity contribution in [2.75, 3.05) is 6.54 Å². The summed E-state index contributed by atoms with van der Waals surface area (Å²) < 4.78 is 28.1. The molecule has 2 aromatic rings. The predicted molar refractivity (Wildman–Crippen MR) is 94.3 cm³/mol. The first-order valence-corrected chi connectivity index (χ1v) is 8.90. The number of rotatable bonds is 5. The lowest BCUT2D eigenvalue weighted by molar-refractivity contribution is -0.128. The van der Waals surface area contributed by atoms with Crippen molar-refractivity contribution >= 4 is 5.91 Å². The van der Waals surface area contributed by atoms with E-state index in [0.29, 0.717) is 36.9 Å². The molecule has 2 nitrogen and oxygen atoms in total. The van der Waals surface area contributed by atoms with Crippen LogP contribution in [-0.4, -0.2) is 12.5 Å². The number of hydrogen-bond donors (Lipinski definition) is 1. The fraction of sp³-hybridized carbons (Fsp3) is 0.381. The Balaban J connectivity index is 1.74. The van der Waals surface area contributed by atoms with Crippen LogP contribution in [0.4, 0.5) is 8.78 Å². The fourth-order valence-electron chi connectivity index (χ4n) is 3.80. The predicted octanol–water partition coefficient (Wildman–Crippen LogP) is 4.53. The van der Waals surface area contributed by atoms with Gasteiger partial charge in [-0.3, -0.25) is 4.79 Å². The van der Waals surface area contributed by atoms with E-state index in [2.05, 4.69) is 5.32 Å². The molecule has 1 amide bonds. The number of hydrogen-bond acceptors (Lipinski definition) is 1. The maximum atomic E-state index is 14.4. The molecule has 2 aromatic carbocycles. The van der Waals surface area contributed by atoms with Crippen LogP contribution in [0.1, 0.15) is 43.2 Å². The zero-order valence-electron chi connectivity index (χ0n) is 14.2. The number of carbonyl (C=O) groups is 1. The highest BCUT2D eigenvalue weighted by atomic mass is 19.1. The van der Waals surface area contributed by atoms with Crippen LogP contribution in [0, 0.1) is 11.6 Å². The van der Waals surface area contributed by atoms with Gasteiger partial charge in [0.1, 0.15) is 11.6 Å². The first-order chi connectivity index (χ1) is 12.1. The molecule has 0 saturated heterocycles. The van der Waals surface area contributed by atoms with E-state index in [1.165, 1.54) is 12.1 Å². The van der Waals surface area contributed by atoms with Gasteiger partial charge in [-0.15, -0.1) is 0 Å². The zero-order chi connectivity index (χ0) is 17.7. The molecule has 0 atom stereocenters. The Morgan fingerprint density at radius 2 is 1.56 bits per heavy atom. The molecule has 0 unspecified atom stereocenters. The van der Waals surface area contributed by atoms with Crippen LogP contribution >= 0.6 is 0 Å². The Labute approximate surface area is 147 Å². The Bertz CT molecular complexity index is 738. The summed E-state index contributed by atoms with van der Waals surface area (Å²) in [5.74, 6) is -0.736. The van der Waals surface area contributed by atoms with Crippen LogP contribution in [0.3, 0.4) is 0 Å². The molecule has 1 aliphatic carbocycles. The second-order valence-corrected chi connectivity index (χ2v) is 6.72. The lowest BCUT2D eigenvalue weighted by Gasteiger charge is -2.36. The summed E-state index contributed by atoms with van der Waals surface area (Å²) in [6.07, 6.45) is 4.62. The molecule has 0 radical (unpaired) electrons. The van der Waals surface area contributed by atoms with Gasteiger partial charge in [-0.25, -0.2) is 8.78 Å². The highest BCUT2D eigenvalue weighted by Gasteiger charge is 2.42. The van der Waals surface area contributed by atoms with Crippen molar-refractivity contribution in [1.82, 2.24) is 5.32 Å². The normalized spacial score (nSPS) is 16.4. The van der Waals surface area contributed by atoms with Crippen molar-refractivity contribution in [1.29, 1.82) is 0 Å². The average Bonchev–Trinajstić information content (AvgIpc) is 2.64. The van der Waals surface area contributed by atoms with Crippen molar-refractivity contribution in [2.45, 2.75) is 43.9 Å². The molecule has 0 aromatic heterocycles. The number of benzene rings is 2. The summed E-state index contributed by atoms with van der Waals surface area (Å²) in [5, 5.41) is 2.92. The summed E-state index contributed by atoms with van der Waals surface area (Å²) >= 11 is 0. The number of halogens is 2. The molecule has 1 N–H and O–H groups in total. The van der Waals surface area contributed by atoms with Gasteiger partial charge in [-0.05, 0) is 37.0 Å². The minimum absolute atomic E-state index is 0.145. The smallest absolute Gasteiger partial charge is 0.230 e. The monoisotopic (exact) mass is 343 g/mol. The van der Waals surface area contributed by atoms with Gasteiger partial charge in [-0.2, -0.15) is 0 Å². The number of amides is 1. The second-order valence-electron chi connectivity index (χ2n) is 6.72. The van der Waals surface area contributed by atoms with E-state index in [9.17, 15) is 13.6 Å². The van der Waals surface area contributed by atoms with Crippen LogP contribution in [0.5, 0.6) is 0 Å². The quantitative estimate of drug-likeness (QED) is 0.849. The van der Waals surface area contributed by atoms with Gasteiger partial charge in [0.15, 0.2) is 0 Å². The molecule has 1 saturated carbocycles. The fourth-order valence-corrected chi connectivity index (χ4v) is 3.80. The molecule has 0 aliphatic heterocycles. The molecule has 0 heterocycles. The molecule has 0 spiro atoms. The molecule has 3 rings (SSSR count). The van der Waals surface area contributed by atoms with Gasteiger partial charge < -0.3 is 5.32 Å². The van der Waals surface area contributed by atoms with Gasteiger partial charge in [0.05, 0.1) is 5.41 Å². The van der Waals surface area contributed by atoms with Crippen LogP contribution in [-0.2, 0) is 16.6 Å². The van der Waals surface area contributed by atoms with Crippen molar-refractivity contribution in [3.8, 4) is 0 Å². The lowest BCUT2D eigenvalue weighted by Crippen LogP contribution is -2.47. The molecule has 1 fully saturated rings. The number of carbonyl (C=O) groups excluding carboxylic acids is 1. The molecular formula is C21H23F2NO. The summed E-state index contributed by atoms with van der Waals surface area (Å²) in [5.41, 5.74) is 0.253. The Morgan fingerprint density at radius 1 is 0.920 bits per heavy atom. The van der Waals surface area contributed by atoms with Crippen molar-refractivity contribution in [3.05, 3.63) is 71.3 Å². The largest absolute Gasteiger partial charge is 0.355 e. The second kappa shape index (κ2) is 7.77. The molecule has 0 bridgehead atoms. The number of nitrogens with one attached hydrogen (secondary N) is 1. The van der Waals surface area contributed by atoms with Gasteiger partial charge in [0.2, 0.25) is 5.91 Å². The molecule has 132 valence electrons. The van der Waals surface area contributed by atoms with Crippen LogP contribution in [0.25, 0.3) is 0 Å². The van der Waals surface area contributed by atoms with Gasteiger partial charge in [0, 0.05) is 12.1 Å².